The van der Waals surface area contributed by atoms with Crippen LogP contribution in [-0.2, 0) is 11.2 Å². The van der Waals surface area contributed by atoms with Gasteiger partial charge in [-0.25, -0.2) is 9.37 Å². The van der Waals surface area contributed by atoms with Crippen LogP contribution in [0.15, 0.2) is 53.1 Å². The van der Waals surface area contributed by atoms with Crippen molar-refractivity contribution in [2.24, 2.45) is 0 Å². The zero-order valence-electron chi connectivity index (χ0n) is 17.6. The number of likely N-dealkylation sites (tertiary alicyclic amines) is 1. The van der Waals surface area contributed by atoms with Gasteiger partial charge >= 0.3 is 0 Å². The Morgan fingerprint density at radius 2 is 2.06 bits per heavy atom. The predicted octanol–water partition coefficient (Wildman–Crippen LogP) is 4.79. The minimum Gasteiger partial charge on any atom is -0.497 e. The summed E-state index contributed by atoms with van der Waals surface area (Å²) in [5, 5.41) is 0. The van der Waals surface area contributed by atoms with Crippen molar-refractivity contribution < 1.29 is 23.1 Å². The van der Waals surface area contributed by atoms with Crippen molar-refractivity contribution in [3.05, 3.63) is 65.9 Å². The maximum atomic E-state index is 14.0. The maximum Gasteiger partial charge on any atom is 0.223 e. The van der Waals surface area contributed by atoms with E-state index in [-0.39, 0.29) is 24.2 Å². The molecule has 0 aliphatic carbocycles. The van der Waals surface area contributed by atoms with Crippen LogP contribution < -0.4 is 9.47 Å². The van der Waals surface area contributed by atoms with Crippen molar-refractivity contribution in [2.75, 3.05) is 20.8 Å². The third kappa shape index (κ3) is 4.40. The van der Waals surface area contributed by atoms with Crippen LogP contribution in [0.1, 0.15) is 36.8 Å². The number of aromatic nitrogens is 1. The van der Waals surface area contributed by atoms with E-state index in [4.69, 9.17) is 13.9 Å². The number of carbonyl (C=O) groups excluding carboxylic acids is 1. The van der Waals surface area contributed by atoms with Gasteiger partial charge in [0.15, 0.2) is 11.7 Å². The van der Waals surface area contributed by atoms with Gasteiger partial charge in [0, 0.05) is 24.9 Å². The average Bonchev–Trinajstić information content (AvgIpc) is 3.47. The first-order valence-electron chi connectivity index (χ1n) is 10.3. The topological polar surface area (TPSA) is 64.8 Å². The summed E-state index contributed by atoms with van der Waals surface area (Å²) in [6.07, 6.45) is 3.91. The van der Waals surface area contributed by atoms with E-state index in [9.17, 15) is 9.18 Å². The Balaban J connectivity index is 1.45. The first kappa shape index (κ1) is 20.9. The van der Waals surface area contributed by atoms with Gasteiger partial charge in [0.25, 0.3) is 0 Å². The Bertz CT molecular complexity index is 1070. The number of benzene rings is 2. The molecule has 1 aliphatic rings. The Kier molecular flexibility index (Phi) is 6.21. The zero-order valence-corrected chi connectivity index (χ0v) is 17.6. The van der Waals surface area contributed by atoms with Crippen LogP contribution >= 0.6 is 0 Å². The van der Waals surface area contributed by atoms with E-state index in [0.717, 1.165) is 29.9 Å². The molecule has 0 N–H and O–H groups in total. The summed E-state index contributed by atoms with van der Waals surface area (Å²) in [5.41, 5.74) is 1.31. The fraction of sp³-hybridized carbons (Fsp3) is 0.333. The summed E-state index contributed by atoms with van der Waals surface area (Å²) in [4.78, 5) is 19.1. The molecule has 4 rings (SSSR count). The maximum absolute atomic E-state index is 14.0. The molecule has 6 nitrogen and oxygen atoms in total. The predicted molar refractivity (Wildman–Crippen MR) is 113 cm³/mol. The molecule has 0 unspecified atom stereocenters. The molecule has 2 heterocycles. The fourth-order valence-corrected chi connectivity index (χ4v) is 4.06. The minimum atomic E-state index is -0.367. The Hall–Kier alpha value is -3.35. The Morgan fingerprint density at radius 1 is 1.23 bits per heavy atom. The number of oxazole rings is 1. The van der Waals surface area contributed by atoms with Crippen molar-refractivity contribution >= 4 is 5.91 Å². The summed E-state index contributed by atoms with van der Waals surface area (Å²) in [7, 11) is 3.25. The summed E-state index contributed by atoms with van der Waals surface area (Å²) in [6, 6.07) is 12.0. The van der Waals surface area contributed by atoms with E-state index in [2.05, 4.69) is 4.98 Å². The van der Waals surface area contributed by atoms with Gasteiger partial charge in [0.2, 0.25) is 5.91 Å². The van der Waals surface area contributed by atoms with Crippen LogP contribution in [0.5, 0.6) is 11.5 Å². The highest BCUT2D eigenvalue weighted by molar-refractivity contribution is 5.77. The number of hydrogen-bond donors (Lipinski definition) is 0. The van der Waals surface area contributed by atoms with Crippen molar-refractivity contribution in [3.63, 3.8) is 0 Å². The highest BCUT2D eigenvalue weighted by Crippen LogP contribution is 2.39. The average molecular weight is 424 g/mol. The molecule has 0 spiro atoms. The first-order valence-corrected chi connectivity index (χ1v) is 10.3. The lowest BCUT2D eigenvalue weighted by atomic mass is 10.0. The van der Waals surface area contributed by atoms with Gasteiger partial charge in [0.1, 0.15) is 17.3 Å². The van der Waals surface area contributed by atoms with Crippen LogP contribution in [-0.4, -0.2) is 36.6 Å². The standard InChI is InChI=1S/C24H25FN2O4/c1-29-16-9-10-21(30-2)18(14-16)20-8-5-13-27(20)24(28)12-11-23-26-15-22(31-23)17-6-3-4-7-19(17)25/h3-4,6-7,9-10,14-15,20H,5,8,11-13H2,1-2H3/t20-/m0/s1. The van der Waals surface area contributed by atoms with Crippen LogP contribution in [0.2, 0.25) is 0 Å². The largest absolute Gasteiger partial charge is 0.497 e. The second-order valence-corrected chi connectivity index (χ2v) is 7.45. The number of nitrogens with zero attached hydrogens (tertiary/aromatic N) is 2. The molecule has 1 saturated heterocycles. The number of hydrogen-bond acceptors (Lipinski definition) is 5. The molecule has 0 saturated carbocycles. The molecule has 0 bridgehead atoms. The minimum absolute atomic E-state index is 0.0259. The van der Waals surface area contributed by atoms with E-state index in [0.29, 0.717) is 30.2 Å². The molecule has 1 fully saturated rings. The zero-order chi connectivity index (χ0) is 21.8. The van der Waals surface area contributed by atoms with Gasteiger partial charge in [-0.05, 0) is 43.2 Å². The molecule has 1 aliphatic heterocycles. The van der Waals surface area contributed by atoms with Gasteiger partial charge < -0.3 is 18.8 Å². The second-order valence-electron chi connectivity index (χ2n) is 7.45. The van der Waals surface area contributed by atoms with Gasteiger partial charge in [-0.1, -0.05) is 12.1 Å². The lowest BCUT2D eigenvalue weighted by molar-refractivity contribution is -0.132. The van der Waals surface area contributed by atoms with E-state index >= 15 is 0 Å². The number of carbonyl (C=O) groups is 1. The van der Waals surface area contributed by atoms with Crippen molar-refractivity contribution in [3.8, 4) is 22.8 Å². The number of methoxy groups -OCH3 is 2. The normalized spacial score (nSPS) is 15.8. The number of aryl methyl sites for hydroxylation is 1. The van der Waals surface area contributed by atoms with E-state index in [1.807, 2.05) is 23.1 Å². The molecule has 2 aromatic carbocycles. The monoisotopic (exact) mass is 424 g/mol. The number of rotatable bonds is 7. The van der Waals surface area contributed by atoms with Crippen LogP contribution in [0.3, 0.4) is 0 Å². The molecule has 0 radical (unpaired) electrons. The van der Waals surface area contributed by atoms with Crippen LogP contribution in [0.25, 0.3) is 11.3 Å². The molecule has 1 aromatic heterocycles. The summed E-state index contributed by atoms with van der Waals surface area (Å²) in [5.74, 6) is 1.91. The van der Waals surface area contributed by atoms with Gasteiger partial charge in [-0.2, -0.15) is 0 Å². The van der Waals surface area contributed by atoms with E-state index in [1.165, 1.54) is 12.3 Å². The Morgan fingerprint density at radius 3 is 2.84 bits per heavy atom. The number of amides is 1. The van der Waals surface area contributed by atoms with Crippen molar-refractivity contribution in [2.45, 2.75) is 31.7 Å². The number of ether oxygens (including phenoxy) is 2. The molecule has 31 heavy (non-hydrogen) atoms. The van der Waals surface area contributed by atoms with Crippen LogP contribution in [0, 0.1) is 5.82 Å². The Labute approximate surface area is 180 Å². The van der Waals surface area contributed by atoms with Crippen LogP contribution in [0.4, 0.5) is 4.39 Å². The highest BCUT2D eigenvalue weighted by atomic mass is 19.1. The second kappa shape index (κ2) is 9.20. The van der Waals surface area contributed by atoms with E-state index in [1.54, 1.807) is 32.4 Å². The molecule has 1 amide bonds. The summed E-state index contributed by atoms with van der Waals surface area (Å²) in [6.45, 7) is 0.690. The van der Waals surface area contributed by atoms with Crippen molar-refractivity contribution in [1.82, 2.24) is 9.88 Å². The third-order valence-electron chi connectivity index (χ3n) is 5.61. The molecule has 7 heteroatoms. The quantitative estimate of drug-likeness (QED) is 0.545. The summed E-state index contributed by atoms with van der Waals surface area (Å²) < 4.78 is 30.5. The van der Waals surface area contributed by atoms with Gasteiger partial charge in [0.05, 0.1) is 32.0 Å². The lowest BCUT2D eigenvalue weighted by Crippen LogP contribution is -2.31. The molecular weight excluding hydrogens is 399 g/mol. The molecule has 3 aromatic rings. The van der Waals surface area contributed by atoms with E-state index < -0.39 is 0 Å². The lowest BCUT2D eigenvalue weighted by Gasteiger charge is -2.26. The SMILES string of the molecule is COc1ccc(OC)c([C@@H]2CCCN2C(=O)CCc2ncc(-c3ccccc3F)o2)c1. The van der Waals surface area contributed by atoms with Crippen molar-refractivity contribution in [1.29, 1.82) is 0 Å². The first-order chi connectivity index (χ1) is 15.1. The molecule has 1 atom stereocenters. The fourth-order valence-electron chi connectivity index (χ4n) is 4.06. The molecule has 162 valence electrons. The summed E-state index contributed by atoms with van der Waals surface area (Å²) >= 11 is 0. The third-order valence-corrected chi connectivity index (χ3v) is 5.61. The van der Waals surface area contributed by atoms with Gasteiger partial charge in [-0.15, -0.1) is 0 Å². The number of halogens is 1. The molecular formula is C24H25FN2O4. The highest BCUT2D eigenvalue weighted by Gasteiger charge is 2.32. The van der Waals surface area contributed by atoms with Gasteiger partial charge in [-0.3, -0.25) is 4.79 Å². The smallest absolute Gasteiger partial charge is 0.223 e.